The van der Waals surface area contributed by atoms with Crippen LogP contribution in [0, 0.1) is 11.3 Å². The van der Waals surface area contributed by atoms with E-state index in [4.69, 9.17) is 11.6 Å². The summed E-state index contributed by atoms with van der Waals surface area (Å²) in [5, 5.41) is 3.99. The van der Waals surface area contributed by atoms with Crippen LogP contribution in [0.1, 0.15) is 27.7 Å². The first-order valence-corrected chi connectivity index (χ1v) is 5.65. The first kappa shape index (κ1) is 12.3. The molecule has 0 aliphatic heterocycles. The summed E-state index contributed by atoms with van der Waals surface area (Å²) in [6.45, 7) is 9.88. The second-order valence-corrected chi connectivity index (χ2v) is 5.29. The van der Waals surface area contributed by atoms with Crippen molar-refractivity contribution in [3.63, 3.8) is 0 Å². The van der Waals surface area contributed by atoms with Gasteiger partial charge in [-0.15, -0.1) is 0 Å². The maximum Gasteiger partial charge on any atom is 0.126 e. The number of nitrogens with zero attached hydrogens (tertiary/aromatic N) is 1. The molecule has 0 aliphatic rings. The maximum absolute atomic E-state index is 5.76. The van der Waals surface area contributed by atoms with Gasteiger partial charge >= 0.3 is 0 Å². The van der Waals surface area contributed by atoms with E-state index in [9.17, 15) is 0 Å². The first-order valence-electron chi connectivity index (χ1n) is 5.27. The highest BCUT2D eigenvalue weighted by atomic mass is 35.5. The minimum atomic E-state index is 0.265. The molecule has 0 spiro atoms. The van der Waals surface area contributed by atoms with E-state index in [0.717, 1.165) is 12.4 Å². The molecule has 0 aromatic carbocycles. The fourth-order valence-electron chi connectivity index (χ4n) is 1.00. The molecule has 0 bridgehead atoms. The van der Waals surface area contributed by atoms with Gasteiger partial charge in [-0.1, -0.05) is 39.3 Å². The van der Waals surface area contributed by atoms with Crippen LogP contribution in [0.3, 0.4) is 0 Å². The molecule has 0 saturated carbocycles. The zero-order valence-corrected chi connectivity index (χ0v) is 10.6. The highest BCUT2D eigenvalue weighted by Gasteiger charge is 2.21. The van der Waals surface area contributed by atoms with Crippen LogP contribution in [-0.4, -0.2) is 11.5 Å². The standard InChI is InChI=1S/C12H19ClN2/c1-9(2)12(3,4)8-15-11-6-5-10(13)7-14-11/h5-7,9H,8H2,1-4H3,(H,14,15). The van der Waals surface area contributed by atoms with Gasteiger partial charge in [-0.2, -0.15) is 0 Å². The molecule has 1 aromatic heterocycles. The van der Waals surface area contributed by atoms with Crippen LogP contribution >= 0.6 is 11.6 Å². The Morgan fingerprint density at radius 3 is 2.53 bits per heavy atom. The topological polar surface area (TPSA) is 24.9 Å². The number of pyridine rings is 1. The molecular weight excluding hydrogens is 208 g/mol. The quantitative estimate of drug-likeness (QED) is 0.844. The Kier molecular flexibility index (Phi) is 3.97. The van der Waals surface area contributed by atoms with Crippen LogP contribution in [0.25, 0.3) is 0 Å². The Morgan fingerprint density at radius 1 is 1.40 bits per heavy atom. The number of hydrogen-bond acceptors (Lipinski definition) is 2. The van der Waals surface area contributed by atoms with Crippen molar-refractivity contribution in [1.82, 2.24) is 4.98 Å². The highest BCUT2D eigenvalue weighted by molar-refractivity contribution is 6.30. The lowest BCUT2D eigenvalue weighted by molar-refractivity contribution is 0.269. The molecule has 0 radical (unpaired) electrons. The molecule has 0 atom stereocenters. The molecule has 0 saturated heterocycles. The Labute approximate surface area is 97.1 Å². The van der Waals surface area contributed by atoms with E-state index in [1.165, 1.54) is 0 Å². The van der Waals surface area contributed by atoms with E-state index in [1.54, 1.807) is 6.20 Å². The summed E-state index contributed by atoms with van der Waals surface area (Å²) < 4.78 is 0. The van der Waals surface area contributed by atoms with Gasteiger partial charge in [-0.25, -0.2) is 4.98 Å². The second-order valence-electron chi connectivity index (χ2n) is 4.86. The lowest BCUT2D eigenvalue weighted by Gasteiger charge is -2.29. The summed E-state index contributed by atoms with van der Waals surface area (Å²) in [6.07, 6.45) is 1.66. The van der Waals surface area contributed by atoms with Crippen molar-refractivity contribution in [1.29, 1.82) is 0 Å². The summed E-state index contributed by atoms with van der Waals surface area (Å²) in [5.74, 6) is 1.52. The van der Waals surface area contributed by atoms with Gasteiger partial charge in [0.25, 0.3) is 0 Å². The molecule has 2 nitrogen and oxygen atoms in total. The van der Waals surface area contributed by atoms with Crippen molar-refractivity contribution >= 4 is 17.4 Å². The lowest BCUT2D eigenvalue weighted by Crippen LogP contribution is -2.28. The summed E-state index contributed by atoms with van der Waals surface area (Å²) in [4.78, 5) is 4.20. The monoisotopic (exact) mass is 226 g/mol. The minimum Gasteiger partial charge on any atom is -0.370 e. The van der Waals surface area contributed by atoms with Crippen LogP contribution in [0.4, 0.5) is 5.82 Å². The molecule has 1 aromatic rings. The van der Waals surface area contributed by atoms with Crippen molar-refractivity contribution in [2.75, 3.05) is 11.9 Å². The molecule has 0 fully saturated rings. The lowest BCUT2D eigenvalue weighted by atomic mass is 9.81. The van der Waals surface area contributed by atoms with E-state index in [0.29, 0.717) is 10.9 Å². The van der Waals surface area contributed by atoms with Gasteiger partial charge in [0.05, 0.1) is 5.02 Å². The number of nitrogens with one attached hydrogen (secondary N) is 1. The third-order valence-corrected chi connectivity index (χ3v) is 3.24. The number of aromatic nitrogens is 1. The molecule has 3 heteroatoms. The van der Waals surface area contributed by atoms with Crippen molar-refractivity contribution in [2.24, 2.45) is 11.3 Å². The number of hydrogen-bond donors (Lipinski definition) is 1. The molecule has 0 unspecified atom stereocenters. The van der Waals surface area contributed by atoms with Crippen LogP contribution in [0.15, 0.2) is 18.3 Å². The van der Waals surface area contributed by atoms with E-state index >= 15 is 0 Å². The highest BCUT2D eigenvalue weighted by Crippen LogP contribution is 2.26. The summed E-state index contributed by atoms with van der Waals surface area (Å²) in [7, 11) is 0. The Balaban J connectivity index is 2.54. The number of rotatable bonds is 4. The molecular formula is C12H19ClN2. The molecule has 0 amide bonds. The molecule has 1 rings (SSSR count). The fraction of sp³-hybridized carbons (Fsp3) is 0.583. The van der Waals surface area contributed by atoms with Gasteiger partial charge < -0.3 is 5.32 Å². The summed E-state index contributed by atoms with van der Waals surface area (Å²) >= 11 is 5.76. The molecule has 15 heavy (non-hydrogen) atoms. The Hall–Kier alpha value is -0.760. The van der Waals surface area contributed by atoms with Gasteiger partial charge in [-0.05, 0) is 23.5 Å². The Morgan fingerprint density at radius 2 is 2.07 bits per heavy atom. The van der Waals surface area contributed by atoms with Gasteiger partial charge in [0.15, 0.2) is 0 Å². The third kappa shape index (κ3) is 3.71. The molecule has 84 valence electrons. The van der Waals surface area contributed by atoms with Crippen LogP contribution in [-0.2, 0) is 0 Å². The summed E-state index contributed by atoms with van der Waals surface area (Å²) in [5.41, 5.74) is 0.265. The van der Waals surface area contributed by atoms with Crippen molar-refractivity contribution in [3.8, 4) is 0 Å². The average molecular weight is 227 g/mol. The molecule has 1 N–H and O–H groups in total. The van der Waals surface area contributed by atoms with E-state index in [1.807, 2.05) is 12.1 Å². The predicted octanol–water partition coefficient (Wildman–Crippen LogP) is 3.83. The number of anilines is 1. The maximum atomic E-state index is 5.76. The van der Waals surface area contributed by atoms with Gasteiger partial charge in [0.1, 0.15) is 5.82 Å². The van der Waals surface area contributed by atoms with Gasteiger partial charge in [-0.3, -0.25) is 0 Å². The minimum absolute atomic E-state index is 0.265. The third-order valence-electron chi connectivity index (χ3n) is 3.02. The van der Waals surface area contributed by atoms with Crippen molar-refractivity contribution in [2.45, 2.75) is 27.7 Å². The largest absolute Gasteiger partial charge is 0.370 e. The first-order chi connectivity index (χ1) is 6.92. The van der Waals surface area contributed by atoms with E-state index in [2.05, 4.69) is 38.0 Å². The second kappa shape index (κ2) is 4.84. The fourth-order valence-corrected chi connectivity index (χ4v) is 1.11. The smallest absolute Gasteiger partial charge is 0.126 e. The molecule has 0 aliphatic carbocycles. The van der Waals surface area contributed by atoms with Crippen LogP contribution < -0.4 is 5.32 Å². The normalized spacial score (nSPS) is 11.9. The van der Waals surface area contributed by atoms with E-state index < -0.39 is 0 Å². The zero-order valence-electron chi connectivity index (χ0n) is 9.84. The van der Waals surface area contributed by atoms with Crippen molar-refractivity contribution < 1.29 is 0 Å². The SMILES string of the molecule is CC(C)C(C)(C)CNc1ccc(Cl)cn1. The molecule has 1 heterocycles. The van der Waals surface area contributed by atoms with Gasteiger partial charge in [0, 0.05) is 12.7 Å². The number of halogens is 1. The van der Waals surface area contributed by atoms with Gasteiger partial charge in [0.2, 0.25) is 0 Å². The van der Waals surface area contributed by atoms with E-state index in [-0.39, 0.29) is 5.41 Å². The zero-order chi connectivity index (χ0) is 11.5. The predicted molar refractivity (Wildman–Crippen MR) is 66.4 cm³/mol. The van der Waals surface area contributed by atoms with Crippen LogP contribution in [0.2, 0.25) is 5.02 Å². The summed E-state index contributed by atoms with van der Waals surface area (Å²) in [6, 6.07) is 3.75. The average Bonchev–Trinajstić information content (AvgIpc) is 2.17. The Bertz CT molecular complexity index is 304. The van der Waals surface area contributed by atoms with Crippen LogP contribution in [0.5, 0.6) is 0 Å². The van der Waals surface area contributed by atoms with Crippen molar-refractivity contribution in [3.05, 3.63) is 23.4 Å².